The maximum absolute atomic E-state index is 5.37. The van der Waals surface area contributed by atoms with E-state index < -0.39 is 0 Å². The molecule has 0 radical (unpaired) electrons. The monoisotopic (exact) mass is 280 g/mol. The summed E-state index contributed by atoms with van der Waals surface area (Å²) in [6.07, 6.45) is 3.30. The lowest BCUT2D eigenvalue weighted by Gasteiger charge is -2.26. The molecule has 0 aromatic carbocycles. The van der Waals surface area contributed by atoms with E-state index in [-0.39, 0.29) is 0 Å². The minimum Gasteiger partial charge on any atom is -0.379 e. The highest BCUT2D eigenvalue weighted by atomic mass is 16.5. The average molecular weight is 280 g/mol. The predicted molar refractivity (Wildman–Crippen MR) is 82.2 cm³/mol. The van der Waals surface area contributed by atoms with Crippen LogP contribution in [-0.4, -0.2) is 53.8 Å². The van der Waals surface area contributed by atoms with Crippen LogP contribution in [0.5, 0.6) is 0 Å². The van der Waals surface area contributed by atoms with Gasteiger partial charge in [-0.2, -0.15) is 0 Å². The third-order valence-corrected chi connectivity index (χ3v) is 3.54. The Labute approximate surface area is 122 Å². The van der Waals surface area contributed by atoms with Crippen LogP contribution in [0.15, 0.2) is 6.20 Å². The molecule has 1 aliphatic rings. The molecular weight excluding hydrogens is 252 g/mol. The highest BCUT2D eigenvalue weighted by Crippen LogP contribution is 2.10. The van der Waals surface area contributed by atoms with Crippen LogP contribution in [0, 0.1) is 12.8 Å². The molecule has 0 spiro atoms. The third-order valence-electron chi connectivity index (χ3n) is 3.54. The van der Waals surface area contributed by atoms with Crippen molar-refractivity contribution in [2.45, 2.75) is 33.7 Å². The Balaban J connectivity index is 1.79. The summed E-state index contributed by atoms with van der Waals surface area (Å²) < 4.78 is 7.62. The number of imidazole rings is 1. The van der Waals surface area contributed by atoms with Crippen molar-refractivity contribution >= 4 is 5.95 Å². The van der Waals surface area contributed by atoms with E-state index in [4.69, 9.17) is 4.74 Å². The van der Waals surface area contributed by atoms with Gasteiger partial charge in [0.2, 0.25) is 5.95 Å². The van der Waals surface area contributed by atoms with Crippen LogP contribution in [0.2, 0.25) is 0 Å². The van der Waals surface area contributed by atoms with Crippen molar-refractivity contribution in [2.24, 2.45) is 5.92 Å². The normalized spacial score (nSPS) is 16.8. The number of hydrogen-bond acceptors (Lipinski definition) is 4. The molecule has 2 rings (SSSR count). The number of aromatic nitrogens is 2. The van der Waals surface area contributed by atoms with Gasteiger partial charge in [-0.1, -0.05) is 13.8 Å². The van der Waals surface area contributed by atoms with E-state index in [0.717, 1.165) is 64.0 Å². The Morgan fingerprint density at radius 2 is 2.05 bits per heavy atom. The first kappa shape index (κ1) is 15.3. The first-order valence-corrected chi connectivity index (χ1v) is 7.73. The molecule has 1 saturated heterocycles. The van der Waals surface area contributed by atoms with Crippen molar-refractivity contribution in [2.75, 3.05) is 44.7 Å². The molecule has 0 bridgehead atoms. The zero-order valence-corrected chi connectivity index (χ0v) is 13.1. The van der Waals surface area contributed by atoms with Gasteiger partial charge < -0.3 is 14.6 Å². The number of nitrogens with zero attached hydrogens (tertiary/aromatic N) is 3. The highest BCUT2D eigenvalue weighted by Gasteiger charge is 2.10. The molecule has 0 atom stereocenters. The molecule has 0 aliphatic carbocycles. The minimum atomic E-state index is 0.633. The fraction of sp³-hybridized carbons (Fsp3) is 0.800. The number of anilines is 1. The van der Waals surface area contributed by atoms with Gasteiger partial charge in [-0.15, -0.1) is 0 Å². The number of aryl methyl sites for hydroxylation is 2. The molecule has 1 N–H and O–H groups in total. The Morgan fingerprint density at radius 3 is 2.75 bits per heavy atom. The number of hydrogen-bond donors (Lipinski definition) is 1. The van der Waals surface area contributed by atoms with E-state index in [2.05, 4.69) is 46.7 Å². The van der Waals surface area contributed by atoms with Crippen molar-refractivity contribution < 1.29 is 4.74 Å². The molecule has 114 valence electrons. The molecule has 2 heterocycles. The number of nitrogens with one attached hydrogen (secondary N) is 1. The van der Waals surface area contributed by atoms with Crippen LogP contribution in [0.1, 0.15) is 26.0 Å². The molecule has 20 heavy (non-hydrogen) atoms. The van der Waals surface area contributed by atoms with Crippen LogP contribution < -0.4 is 5.32 Å². The van der Waals surface area contributed by atoms with Gasteiger partial charge in [0, 0.05) is 38.9 Å². The lowest BCUT2D eigenvalue weighted by molar-refractivity contribution is 0.0369. The first-order valence-electron chi connectivity index (χ1n) is 7.73. The lowest BCUT2D eigenvalue weighted by atomic mass is 10.2. The molecule has 5 nitrogen and oxygen atoms in total. The van der Waals surface area contributed by atoms with Gasteiger partial charge in [0.15, 0.2) is 0 Å². The Bertz CT molecular complexity index is 397. The number of morpholine rings is 1. The molecular formula is C15H28N4O. The second-order valence-electron chi connectivity index (χ2n) is 5.98. The summed E-state index contributed by atoms with van der Waals surface area (Å²) in [5.41, 5.74) is 1.09. The predicted octanol–water partition coefficient (Wildman–Crippen LogP) is 1.98. The fourth-order valence-electron chi connectivity index (χ4n) is 2.44. The average Bonchev–Trinajstić information content (AvgIpc) is 2.78. The summed E-state index contributed by atoms with van der Waals surface area (Å²) in [6, 6.07) is 0. The Kier molecular flexibility index (Phi) is 5.86. The smallest absolute Gasteiger partial charge is 0.203 e. The molecule has 0 unspecified atom stereocenters. The van der Waals surface area contributed by atoms with Crippen molar-refractivity contribution in [1.82, 2.24) is 14.5 Å². The zero-order valence-electron chi connectivity index (χ0n) is 13.1. The van der Waals surface area contributed by atoms with Gasteiger partial charge in [-0.25, -0.2) is 4.98 Å². The van der Waals surface area contributed by atoms with Gasteiger partial charge >= 0.3 is 0 Å². The maximum atomic E-state index is 5.37. The van der Waals surface area contributed by atoms with Crippen molar-refractivity contribution in [3.05, 3.63) is 11.9 Å². The summed E-state index contributed by atoms with van der Waals surface area (Å²) >= 11 is 0. The van der Waals surface area contributed by atoms with E-state index in [9.17, 15) is 0 Å². The van der Waals surface area contributed by atoms with Crippen LogP contribution in [-0.2, 0) is 11.3 Å². The van der Waals surface area contributed by atoms with Crippen molar-refractivity contribution in [3.8, 4) is 0 Å². The molecule has 1 aromatic heterocycles. The standard InChI is InChI=1S/C15H28N4O/c1-13(2)11-16-15-17-14(3)12-19(15)6-4-5-18-7-9-20-10-8-18/h12-13H,4-11H2,1-3H3,(H,16,17). The van der Waals surface area contributed by atoms with Crippen LogP contribution in [0.25, 0.3) is 0 Å². The van der Waals surface area contributed by atoms with Crippen molar-refractivity contribution in [3.63, 3.8) is 0 Å². The third kappa shape index (κ3) is 4.80. The van der Waals surface area contributed by atoms with E-state index in [1.807, 2.05) is 0 Å². The molecule has 0 amide bonds. The van der Waals surface area contributed by atoms with E-state index in [1.54, 1.807) is 0 Å². The molecule has 1 aromatic rings. The first-order chi connectivity index (χ1) is 9.65. The highest BCUT2D eigenvalue weighted by molar-refractivity contribution is 5.28. The van der Waals surface area contributed by atoms with E-state index in [1.165, 1.54) is 0 Å². The summed E-state index contributed by atoms with van der Waals surface area (Å²) in [5, 5.41) is 3.44. The minimum absolute atomic E-state index is 0.633. The summed E-state index contributed by atoms with van der Waals surface area (Å²) in [6.45, 7) is 13.5. The van der Waals surface area contributed by atoms with Gasteiger partial charge in [0.05, 0.1) is 18.9 Å². The van der Waals surface area contributed by atoms with Crippen molar-refractivity contribution in [1.29, 1.82) is 0 Å². The van der Waals surface area contributed by atoms with Crippen LogP contribution in [0.4, 0.5) is 5.95 Å². The number of ether oxygens (including phenoxy) is 1. The summed E-state index contributed by atoms with van der Waals surface area (Å²) in [4.78, 5) is 7.05. The van der Waals surface area contributed by atoms with Gasteiger partial charge in [-0.3, -0.25) is 4.90 Å². The van der Waals surface area contributed by atoms with Crippen LogP contribution >= 0.6 is 0 Å². The van der Waals surface area contributed by atoms with Crippen LogP contribution in [0.3, 0.4) is 0 Å². The molecule has 1 aliphatic heterocycles. The Morgan fingerprint density at radius 1 is 1.30 bits per heavy atom. The van der Waals surface area contributed by atoms with Gasteiger partial charge in [-0.05, 0) is 19.3 Å². The SMILES string of the molecule is Cc1cn(CCCN2CCOCC2)c(NCC(C)C)n1. The summed E-state index contributed by atoms with van der Waals surface area (Å²) in [5.74, 6) is 1.65. The fourth-order valence-corrected chi connectivity index (χ4v) is 2.44. The lowest BCUT2D eigenvalue weighted by Crippen LogP contribution is -2.37. The summed E-state index contributed by atoms with van der Waals surface area (Å²) in [7, 11) is 0. The second kappa shape index (κ2) is 7.64. The maximum Gasteiger partial charge on any atom is 0.203 e. The van der Waals surface area contributed by atoms with E-state index >= 15 is 0 Å². The molecule has 1 fully saturated rings. The number of rotatable bonds is 7. The van der Waals surface area contributed by atoms with Gasteiger partial charge in [0.25, 0.3) is 0 Å². The largest absolute Gasteiger partial charge is 0.379 e. The zero-order chi connectivity index (χ0) is 14.4. The topological polar surface area (TPSA) is 42.3 Å². The second-order valence-corrected chi connectivity index (χ2v) is 5.98. The van der Waals surface area contributed by atoms with Gasteiger partial charge in [0.1, 0.15) is 0 Å². The molecule has 5 heteroatoms. The van der Waals surface area contributed by atoms with E-state index in [0.29, 0.717) is 5.92 Å². The molecule has 0 saturated carbocycles. The Hall–Kier alpha value is -1.07. The quantitative estimate of drug-likeness (QED) is 0.829.